The van der Waals surface area contributed by atoms with Crippen LogP contribution in [0.5, 0.6) is 11.5 Å². The summed E-state index contributed by atoms with van der Waals surface area (Å²) in [5, 5.41) is 0.778. The minimum absolute atomic E-state index is 0.000580. The lowest BCUT2D eigenvalue weighted by Gasteiger charge is -2.21. The summed E-state index contributed by atoms with van der Waals surface area (Å²) in [4.78, 5) is 16.8. The normalized spacial score (nSPS) is 11.3. The van der Waals surface area contributed by atoms with E-state index in [1.165, 1.54) is 19.2 Å². The first-order valence-corrected chi connectivity index (χ1v) is 8.11. The molecule has 0 fully saturated rings. The molecule has 0 unspecified atom stereocenters. The fourth-order valence-corrected chi connectivity index (χ4v) is 2.57. The zero-order valence-corrected chi connectivity index (χ0v) is 15.9. The molecule has 0 spiro atoms. The Labute approximate surface area is 163 Å². The molecule has 0 aliphatic rings. The van der Waals surface area contributed by atoms with Crippen molar-refractivity contribution in [3.8, 4) is 11.5 Å². The van der Waals surface area contributed by atoms with Gasteiger partial charge in [-0.05, 0) is 36.8 Å². The third kappa shape index (κ3) is 4.77. The summed E-state index contributed by atoms with van der Waals surface area (Å²) in [6.45, 7) is 1.65. The van der Waals surface area contributed by atoms with Gasteiger partial charge in [-0.3, -0.25) is 4.84 Å². The number of nitrogens with zero attached hydrogens (tertiary/aromatic N) is 1. The molecule has 0 aliphatic carbocycles. The van der Waals surface area contributed by atoms with E-state index in [0.717, 1.165) is 30.4 Å². The highest BCUT2D eigenvalue weighted by Gasteiger charge is 2.31. The van der Waals surface area contributed by atoms with Gasteiger partial charge in [-0.1, -0.05) is 23.2 Å². The van der Waals surface area contributed by atoms with Crippen molar-refractivity contribution in [1.82, 2.24) is 0 Å². The molecule has 0 atom stereocenters. The number of methoxy groups -OCH3 is 1. The molecule has 146 valence electrons. The summed E-state index contributed by atoms with van der Waals surface area (Å²) in [5.74, 6) is 0.180. The van der Waals surface area contributed by atoms with Crippen LogP contribution in [0, 0.1) is 6.92 Å². The van der Waals surface area contributed by atoms with Gasteiger partial charge >= 0.3 is 12.3 Å². The first kappa shape index (κ1) is 21.1. The number of ether oxygens (including phenoxy) is 2. The van der Waals surface area contributed by atoms with Gasteiger partial charge in [0, 0.05) is 6.07 Å². The van der Waals surface area contributed by atoms with E-state index in [9.17, 15) is 18.0 Å². The molecule has 0 saturated carbocycles. The van der Waals surface area contributed by atoms with Gasteiger partial charge in [0.2, 0.25) is 0 Å². The molecule has 5 nitrogen and oxygen atoms in total. The van der Waals surface area contributed by atoms with Gasteiger partial charge in [0.25, 0.3) is 0 Å². The lowest BCUT2D eigenvalue weighted by Crippen LogP contribution is -2.29. The Bertz CT molecular complexity index is 859. The van der Waals surface area contributed by atoms with Crippen LogP contribution in [-0.2, 0) is 15.8 Å². The Kier molecular flexibility index (Phi) is 6.46. The molecule has 0 radical (unpaired) electrons. The minimum atomic E-state index is -4.52. The molecule has 2 rings (SSSR count). The monoisotopic (exact) mass is 423 g/mol. The molecule has 0 bridgehead atoms. The first-order chi connectivity index (χ1) is 12.6. The van der Waals surface area contributed by atoms with Crippen LogP contribution in [0.2, 0.25) is 10.0 Å². The zero-order chi connectivity index (χ0) is 20.4. The van der Waals surface area contributed by atoms with Gasteiger partial charge in [-0.15, -0.1) is 0 Å². The van der Waals surface area contributed by atoms with Crippen molar-refractivity contribution in [2.24, 2.45) is 0 Å². The number of amides is 1. The molecule has 0 aliphatic heterocycles. The molecule has 0 N–H and O–H groups in total. The fourth-order valence-electron chi connectivity index (χ4n) is 2.17. The van der Waals surface area contributed by atoms with Crippen LogP contribution in [0.1, 0.15) is 11.1 Å². The number of carbonyl (C=O) groups excluding carboxylic acids is 1. The second-order valence-corrected chi connectivity index (χ2v) is 6.05. The Morgan fingerprint density at radius 2 is 1.78 bits per heavy atom. The average molecular weight is 424 g/mol. The van der Waals surface area contributed by atoms with Crippen molar-refractivity contribution in [3.63, 3.8) is 0 Å². The Morgan fingerprint density at radius 1 is 1.11 bits per heavy atom. The molecule has 27 heavy (non-hydrogen) atoms. The van der Waals surface area contributed by atoms with Crippen LogP contribution in [0.15, 0.2) is 30.3 Å². The van der Waals surface area contributed by atoms with Gasteiger partial charge in [-0.25, -0.2) is 4.79 Å². The smallest absolute Gasteiger partial charge is 0.438 e. The predicted molar refractivity (Wildman–Crippen MR) is 94.6 cm³/mol. The van der Waals surface area contributed by atoms with Crippen LogP contribution in [0.4, 0.5) is 23.7 Å². The van der Waals surface area contributed by atoms with E-state index in [2.05, 4.69) is 4.74 Å². The highest BCUT2D eigenvalue weighted by molar-refractivity contribution is 6.34. The lowest BCUT2D eigenvalue weighted by atomic mass is 10.2. The number of hydroxylamine groups is 1. The van der Waals surface area contributed by atoms with E-state index in [0.29, 0.717) is 5.56 Å². The van der Waals surface area contributed by atoms with Gasteiger partial charge in [0.15, 0.2) is 0 Å². The van der Waals surface area contributed by atoms with Crippen molar-refractivity contribution in [2.45, 2.75) is 13.1 Å². The maximum atomic E-state index is 12.7. The third-order valence-corrected chi connectivity index (χ3v) is 4.22. The maximum Gasteiger partial charge on any atom is 0.438 e. The van der Waals surface area contributed by atoms with Crippen molar-refractivity contribution in [1.29, 1.82) is 0 Å². The molecule has 10 heteroatoms. The SMILES string of the molecule is COC(=O)N(OC)c1cc(Oc2ccc(C(F)(F)F)cc2Cl)cc(C)c1Cl. The summed E-state index contributed by atoms with van der Waals surface area (Å²) in [6.07, 6.45) is -5.35. The fraction of sp³-hybridized carbons (Fsp3) is 0.235. The quantitative estimate of drug-likeness (QED) is 0.545. The number of hydrogen-bond donors (Lipinski definition) is 0. The number of carbonyl (C=O) groups is 1. The largest absolute Gasteiger partial charge is 0.456 e. The Balaban J connectivity index is 2.42. The standard InChI is InChI=1S/C17H14Cl2F3NO4/c1-9-6-11(8-13(15(9)19)23(26-3)16(24)25-2)27-14-5-4-10(7-12(14)18)17(20,21)22/h4-8H,1-3H3. The van der Waals surface area contributed by atoms with E-state index in [1.54, 1.807) is 6.92 Å². The van der Waals surface area contributed by atoms with Crippen molar-refractivity contribution >= 4 is 35.0 Å². The molecule has 1 amide bonds. The molecule has 0 aromatic heterocycles. The van der Waals surface area contributed by atoms with E-state index < -0.39 is 17.8 Å². The summed E-state index contributed by atoms with van der Waals surface area (Å²) in [6, 6.07) is 5.61. The number of aryl methyl sites for hydroxylation is 1. The van der Waals surface area contributed by atoms with Crippen LogP contribution in [0.25, 0.3) is 0 Å². The van der Waals surface area contributed by atoms with Crippen LogP contribution in [0.3, 0.4) is 0 Å². The van der Waals surface area contributed by atoms with Crippen LogP contribution in [-0.4, -0.2) is 20.3 Å². The topological polar surface area (TPSA) is 48.0 Å². The highest BCUT2D eigenvalue weighted by Crippen LogP contribution is 2.39. The van der Waals surface area contributed by atoms with E-state index in [4.69, 9.17) is 32.8 Å². The number of rotatable bonds is 4. The lowest BCUT2D eigenvalue weighted by molar-refractivity contribution is -0.137. The van der Waals surface area contributed by atoms with Gasteiger partial charge in [-0.2, -0.15) is 18.2 Å². The zero-order valence-electron chi connectivity index (χ0n) is 14.4. The van der Waals surface area contributed by atoms with Crippen LogP contribution < -0.4 is 9.80 Å². The number of halogens is 5. The van der Waals surface area contributed by atoms with Crippen molar-refractivity contribution in [2.75, 3.05) is 19.3 Å². The van der Waals surface area contributed by atoms with Crippen molar-refractivity contribution < 1.29 is 32.3 Å². The van der Waals surface area contributed by atoms with Gasteiger partial charge in [0.05, 0.1) is 35.5 Å². The van der Waals surface area contributed by atoms with E-state index in [1.807, 2.05) is 0 Å². The summed E-state index contributed by atoms with van der Waals surface area (Å²) >= 11 is 12.1. The maximum absolute atomic E-state index is 12.7. The minimum Gasteiger partial charge on any atom is -0.456 e. The Morgan fingerprint density at radius 3 is 2.30 bits per heavy atom. The van der Waals surface area contributed by atoms with E-state index >= 15 is 0 Å². The number of benzene rings is 2. The average Bonchev–Trinajstić information content (AvgIpc) is 2.60. The van der Waals surface area contributed by atoms with Gasteiger partial charge in [0.1, 0.15) is 11.5 Å². The van der Waals surface area contributed by atoms with E-state index in [-0.39, 0.29) is 27.2 Å². The first-order valence-electron chi connectivity index (χ1n) is 7.35. The molecule has 0 saturated heterocycles. The molecular weight excluding hydrogens is 410 g/mol. The third-order valence-electron chi connectivity index (χ3n) is 3.44. The highest BCUT2D eigenvalue weighted by atomic mass is 35.5. The Hall–Kier alpha value is -2.16. The summed E-state index contributed by atoms with van der Waals surface area (Å²) in [7, 11) is 2.40. The summed E-state index contributed by atoms with van der Waals surface area (Å²) in [5.41, 5.74) is -0.244. The molecule has 0 heterocycles. The number of anilines is 1. The molecule has 2 aromatic rings. The summed E-state index contributed by atoms with van der Waals surface area (Å²) < 4.78 is 48.4. The van der Waals surface area contributed by atoms with Crippen LogP contribution >= 0.6 is 23.2 Å². The molecule has 2 aromatic carbocycles. The second kappa shape index (κ2) is 8.24. The molecular formula is C17H14Cl2F3NO4. The van der Waals surface area contributed by atoms with Gasteiger partial charge < -0.3 is 9.47 Å². The second-order valence-electron chi connectivity index (χ2n) is 5.27. The predicted octanol–water partition coefficient (Wildman–Crippen LogP) is 6.25. The number of alkyl halides is 3. The van der Waals surface area contributed by atoms with Crippen molar-refractivity contribution in [3.05, 3.63) is 51.5 Å². The number of hydrogen-bond acceptors (Lipinski definition) is 4.